The highest BCUT2D eigenvalue weighted by Crippen LogP contribution is 2.31. The van der Waals surface area contributed by atoms with E-state index in [1.165, 1.54) is 10.4 Å². The van der Waals surface area contributed by atoms with Gasteiger partial charge in [-0.25, -0.2) is 21.6 Å². The molecule has 28 heavy (non-hydrogen) atoms. The summed E-state index contributed by atoms with van der Waals surface area (Å²) in [5, 5.41) is 0.490. The molecule has 1 saturated heterocycles. The summed E-state index contributed by atoms with van der Waals surface area (Å²) in [5.41, 5.74) is 2.32. The minimum absolute atomic E-state index is 0.0722. The van der Waals surface area contributed by atoms with E-state index in [-0.39, 0.29) is 17.2 Å². The number of hydrogen-bond donors (Lipinski definition) is 1. The van der Waals surface area contributed by atoms with Gasteiger partial charge in [0.2, 0.25) is 20.0 Å². The van der Waals surface area contributed by atoms with Crippen molar-refractivity contribution in [3.63, 3.8) is 0 Å². The lowest BCUT2D eigenvalue weighted by molar-refractivity contribution is 0.574. The zero-order valence-electron chi connectivity index (χ0n) is 15.8. The summed E-state index contributed by atoms with van der Waals surface area (Å²) in [4.78, 5) is 0.134. The minimum atomic E-state index is -3.78. The molecule has 1 heterocycles. The van der Waals surface area contributed by atoms with E-state index in [0.717, 1.165) is 6.42 Å². The number of rotatable bonds is 5. The third-order valence-corrected chi connectivity index (χ3v) is 8.58. The highest BCUT2D eigenvalue weighted by molar-refractivity contribution is 7.92. The first kappa shape index (κ1) is 21.1. The van der Waals surface area contributed by atoms with Crippen LogP contribution in [0, 0.1) is 13.8 Å². The number of aryl methyl sites for hydroxylation is 2. The number of sulfonamides is 2. The third-order valence-electron chi connectivity index (χ3n) is 4.81. The molecule has 3 rings (SSSR count). The average molecular weight is 443 g/mol. The Hall–Kier alpha value is -1.61. The molecule has 2 aromatic rings. The van der Waals surface area contributed by atoms with E-state index in [1.54, 1.807) is 44.2 Å². The summed E-state index contributed by atoms with van der Waals surface area (Å²) < 4.78 is 54.4. The molecule has 1 fully saturated rings. The maximum absolute atomic E-state index is 12.8. The van der Waals surface area contributed by atoms with Crippen LogP contribution in [-0.2, 0) is 26.6 Å². The molecule has 0 aromatic heterocycles. The van der Waals surface area contributed by atoms with Gasteiger partial charge in [0.25, 0.3) is 0 Å². The lowest BCUT2D eigenvalue weighted by Gasteiger charge is -2.30. The van der Waals surface area contributed by atoms with Crippen molar-refractivity contribution in [2.24, 2.45) is 0 Å². The predicted octanol–water partition coefficient (Wildman–Crippen LogP) is 3.37. The fourth-order valence-electron chi connectivity index (χ4n) is 3.28. The van der Waals surface area contributed by atoms with Crippen LogP contribution in [0.3, 0.4) is 0 Å². The van der Waals surface area contributed by atoms with Crippen LogP contribution in [0.5, 0.6) is 0 Å². The van der Waals surface area contributed by atoms with Crippen LogP contribution < -0.4 is 9.03 Å². The van der Waals surface area contributed by atoms with E-state index in [9.17, 15) is 16.8 Å². The number of hydrogen-bond acceptors (Lipinski definition) is 4. The maximum Gasteiger partial charge on any atom is 0.241 e. The molecule has 0 unspecified atom stereocenters. The predicted molar refractivity (Wildman–Crippen MR) is 112 cm³/mol. The molecule has 0 bridgehead atoms. The Balaban J connectivity index is 1.90. The molecule has 0 amide bonds. The topological polar surface area (TPSA) is 83.6 Å². The van der Waals surface area contributed by atoms with Crippen molar-refractivity contribution in [1.29, 1.82) is 0 Å². The van der Waals surface area contributed by atoms with E-state index in [2.05, 4.69) is 4.72 Å². The second kappa shape index (κ2) is 8.02. The first-order valence-electron chi connectivity index (χ1n) is 8.96. The minimum Gasteiger partial charge on any atom is -0.270 e. The Kier molecular flexibility index (Phi) is 6.05. The summed E-state index contributed by atoms with van der Waals surface area (Å²) in [6, 6.07) is 10.2. The molecule has 1 aliphatic rings. The van der Waals surface area contributed by atoms with Gasteiger partial charge < -0.3 is 0 Å². The fourth-order valence-corrected chi connectivity index (χ4v) is 6.50. The van der Waals surface area contributed by atoms with E-state index >= 15 is 0 Å². The van der Waals surface area contributed by atoms with Crippen molar-refractivity contribution < 1.29 is 16.8 Å². The molecule has 0 radical (unpaired) electrons. The van der Waals surface area contributed by atoms with Gasteiger partial charge in [-0.15, -0.1) is 0 Å². The lowest BCUT2D eigenvalue weighted by atomic mass is 10.1. The third kappa shape index (κ3) is 4.35. The van der Waals surface area contributed by atoms with Gasteiger partial charge in [-0.05, 0) is 61.6 Å². The van der Waals surface area contributed by atoms with Crippen molar-refractivity contribution in [2.45, 2.75) is 38.1 Å². The van der Waals surface area contributed by atoms with Gasteiger partial charge in [-0.1, -0.05) is 29.8 Å². The Labute approximate surface area is 171 Å². The Morgan fingerprint density at radius 1 is 1.11 bits per heavy atom. The normalized spacial score (nSPS) is 16.9. The van der Waals surface area contributed by atoms with Gasteiger partial charge in [0.05, 0.1) is 16.3 Å². The number of benzene rings is 2. The van der Waals surface area contributed by atoms with Crippen molar-refractivity contribution in [2.75, 3.05) is 16.6 Å². The highest BCUT2D eigenvalue weighted by atomic mass is 35.5. The van der Waals surface area contributed by atoms with Crippen LogP contribution in [0.2, 0.25) is 5.02 Å². The smallest absolute Gasteiger partial charge is 0.241 e. The van der Waals surface area contributed by atoms with Crippen LogP contribution in [0.4, 0.5) is 5.69 Å². The molecular weight excluding hydrogens is 420 g/mol. The van der Waals surface area contributed by atoms with Crippen LogP contribution in [-0.4, -0.2) is 29.1 Å². The summed E-state index contributed by atoms with van der Waals surface area (Å²) >= 11 is 6.09. The van der Waals surface area contributed by atoms with Crippen LogP contribution in [0.1, 0.15) is 29.5 Å². The van der Waals surface area contributed by atoms with Gasteiger partial charge in [0, 0.05) is 18.1 Å². The largest absolute Gasteiger partial charge is 0.270 e. The van der Waals surface area contributed by atoms with Gasteiger partial charge in [-0.2, -0.15) is 0 Å². The number of anilines is 1. The second-order valence-electron chi connectivity index (χ2n) is 6.92. The summed E-state index contributed by atoms with van der Waals surface area (Å²) in [7, 11) is -7.14. The summed E-state index contributed by atoms with van der Waals surface area (Å²) in [6.45, 7) is 3.89. The first-order valence-corrected chi connectivity index (χ1v) is 12.4. The molecule has 6 nitrogen and oxygen atoms in total. The Morgan fingerprint density at radius 2 is 1.82 bits per heavy atom. The Bertz CT molecular complexity index is 1100. The molecule has 0 saturated carbocycles. The number of halogens is 1. The summed E-state index contributed by atoms with van der Waals surface area (Å²) in [6.07, 6.45) is 1.44. The molecule has 0 atom stereocenters. The van der Waals surface area contributed by atoms with Crippen molar-refractivity contribution >= 4 is 37.3 Å². The van der Waals surface area contributed by atoms with E-state index < -0.39 is 20.0 Å². The summed E-state index contributed by atoms with van der Waals surface area (Å²) in [5.74, 6) is 0.116. The molecule has 2 aromatic carbocycles. The molecule has 0 aliphatic carbocycles. The zero-order chi connectivity index (χ0) is 20.5. The maximum atomic E-state index is 12.8. The average Bonchev–Trinajstić information content (AvgIpc) is 2.62. The second-order valence-corrected chi connectivity index (χ2v) is 11.1. The van der Waals surface area contributed by atoms with Crippen molar-refractivity contribution in [3.8, 4) is 0 Å². The lowest BCUT2D eigenvalue weighted by Crippen LogP contribution is -2.38. The van der Waals surface area contributed by atoms with E-state index in [4.69, 9.17) is 11.6 Å². The molecule has 1 aliphatic heterocycles. The SMILES string of the molecule is Cc1cc(S(=O)(=O)NCc2ccccc2Cl)c(C)cc1N1CCCCS1(=O)=O. The zero-order valence-corrected chi connectivity index (χ0v) is 18.2. The highest BCUT2D eigenvalue weighted by Gasteiger charge is 2.28. The molecular formula is C19H23ClN2O4S2. The first-order chi connectivity index (χ1) is 13.1. The van der Waals surface area contributed by atoms with Crippen molar-refractivity contribution in [1.82, 2.24) is 4.72 Å². The van der Waals surface area contributed by atoms with E-state index in [0.29, 0.717) is 40.4 Å². The monoisotopic (exact) mass is 442 g/mol. The Morgan fingerprint density at radius 3 is 2.50 bits per heavy atom. The quantitative estimate of drug-likeness (QED) is 0.769. The van der Waals surface area contributed by atoms with Crippen LogP contribution >= 0.6 is 11.6 Å². The van der Waals surface area contributed by atoms with Crippen LogP contribution in [0.15, 0.2) is 41.3 Å². The molecule has 1 N–H and O–H groups in total. The van der Waals surface area contributed by atoms with Gasteiger partial charge >= 0.3 is 0 Å². The standard InChI is InChI=1S/C19H23ClN2O4S2/c1-14-12-19(28(25,26)21-13-16-7-3-4-8-17(16)20)15(2)11-18(14)22-9-5-6-10-27(22,23)24/h3-4,7-8,11-12,21H,5-6,9-10,13H2,1-2H3. The van der Waals surface area contributed by atoms with Gasteiger partial charge in [-0.3, -0.25) is 4.31 Å². The van der Waals surface area contributed by atoms with Gasteiger partial charge in [0.1, 0.15) is 0 Å². The fraction of sp³-hybridized carbons (Fsp3) is 0.368. The van der Waals surface area contributed by atoms with Gasteiger partial charge in [0.15, 0.2) is 0 Å². The molecule has 152 valence electrons. The number of nitrogens with one attached hydrogen (secondary N) is 1. The van der Waals surface area contributed by atoms with Crippen molar-refractivity contribution in [3.05, 3.63) is 58.1 Å². The molecule has 9 heteroatoms. The molecule has 0 spiro atoms. The van der Waals surface area contributed by atoms with E-state index in [1.807, 2.05) is 0 Å². The number of nitrogens with zero attached hydrogens (tertiary/aromatic N) is 1. The van der Waals surface area contributed by atoms with Crippen LogP contribution in [0.25, 0.3) is 0 Å².